The number of thiol groups is 1. The Morgan fingerprint density at radius 2 is 1.93 bits per heavy atom. The van der Waals surface area contributed by atoms with Crippen LogP contribution in [0.5, 0.6) is 0 Å². The molecule has 3 rings (SSSR count). The van der Waals surface area contributed by atoms with E-state index in [-0.39, 0.29) is 17.4 Å². The third-order valence-electron chi connectivity index (χ3n) is 5.29. The Labute approximate surface area is 168 Å². The van der Waals surface area contributed by atoms with Crippen molar-refractivity contribution in [3.63, 3.8) is 0 Å². The molecule has 2 atom stereocenters. The smallest absolute Gasteiger partial charge is 0.223 e. The molecule has 0 aromatic heterocycles. The number of nitrogens with one attached hydrogen (secondary N) is 1. The van der Waals surface area contributed by atoms with Gasteiger partial charge in [0.2, 0.25) is 5.91 Å². The predicted molar refractivity (Wildman–Crippen MR) is 117 cm³/mol. The Bertz CT molecular complexity index is 778. The van der Waals surface area contributed by atoms with Crippen LogP contribution in [0.1, 0.15) is 39.2 Å². The average Bonchev–Trinajstić information content (AvgIpc) is 3.01. The Morgan fingerprint density at radius 3 is 2.63 bits per heavy atom. The fourth-order valence-corrected chi connectivity index (χ4v) is 4.16. The average molecular weight is 385 g/mol. The zero-order valence-corrected chi connectivity index (χ0v) is 17.6. The van der Waals surface area contributed by atoms with Gasteiger partial charge in [-0.15, -0.1) is 0 Å². The van der Waals surface area contributed by atoms with Gasteiger partial charge in [-0.2, -0.15) is 12.6 Å². The lowest BCUT2D eigenvalue weighted by Gasteiger charge is -2.30. The van der Waals surface area contributed by atoms with Crippen LogP contribution in [0.4, 0.5) is 0 Å². The van der Waals surface area contributed by atoms with Gasteiger partial charge in [-0.05, 0) is 41.1 Å². The number of hydrogen-bond donors (Lipinski definition) is 2. The molecule has 0 spiro atoms. The van der Waals surface area contributed by atoms with Crippen molar-refractivity contribution in [1.29, 1.82) is 0 Å². The summed E-state index contributed by atoms with van der Waals surface area (Å²) in [5.74, 6) is 0.247. The van der Waals surface area contributed by atoms with Crippen molar-refractivity contribution < 1.29 is 4.79 Å². The van der Waals surface area contributed by atoms with Gasteiger partial charge in [0.15, 0.2) is 0 Å². The first-order valence-corrected chi connectivity index (χ1v) is 10.5. The van der Waals surface area contributed by atoms with Crippen LogP contribution in [0.2, 0.25) is 0 Å². The highest BCUT2D eigenvalue weighted by Gasteiger charge is 2.29. The van der Waals surface area contributed by atoms with E-state index in [0.717, 1.165) is 32.5 Å². The van der Waals surface area contributed by atoms with Crippen LogP contribution in [0.25, 0.3) is 10.8 Å². The molecular formula is C23H32N2OS. The lowest BCUT2D eigenvalue weighted by Crippen LogP contribution is -2.45. The van der Waals surface area contributed by atoms with E-state index in [9.17, 15) is 4.79 Å². The van der Waals surface area contributed by atoms with Gasteiger partial charge < -0.3 is 10.2 Å². The fourth-order valence-electron chi connectivity index (χ4n) is 3.83. The minimum atomic E-state index is -0.00174. The maximum atomic E-state index is 13.0. The maximum Gasteiger partial charge on any atom is 0.223 e. The quantitative estimate of drug-likeness (QED) is 0.728. The lowest BCUT2D eigenvalue weighted by molar-refractivity contribution is -0.133. The van der Waals surface area contributed by atoms with E-state index in [1.54, 1.807) is 0 Å². The number of nitrogens with zero attached hydrogens (tertiary/aromatic N) is 1. The van der Waals surface area contributed by atoms with E-state index in [1.165, 1.54) is 16.3 Å². The lowest BCUT2D eigenvalue weighted by atomic mass is 9.91. The highest BCUT2D eigenvalue weighted by Crippen LogP contribution is 2.23. The number of benzene rings is 2. The first kappa shape index (κ1) is 20.2. The van der Waals surface area contributed by atoms with Crippen molar-refractivity contribution in [3.05, 3.63) is 48.0 Å². The molecule has 1 amide bonds. The molecule has 1 fully saturated rings. The Hall–Kier alpha value is -1.52. The molecule has 146 valence electrons. The maximum absolute atomic E-state index is 13.0. The second-order valence-corrected chi connectivity index (χ2v) is 9.55. The molecule has 2 aromatic carbocycles. The first-order valence-electron chi connectivity index (χ1n) is 9.99. The molecule has 27 heavy (non-hydrogen) atoms. The van der Waals surface area contributed by atoms with Crippen molar-refractivity contribution >= 4 is 29.3 Å². The molecule has 1 heterocycles. The number of carbonyl (C=O) groups is 1. The number of carbonyl (C=O) groups excluding carboxylic acids is 1. The van der Waals surface area contributed by atoms with Gasteiger partial charge in [0.1, 0.15) is 0 Å². The van der Waals surface area contributed by atoms with Gasteiger partial charge in [0.25, 0.3) is 0 Å². The van der Waals surface area contributed by atoms with Crippen LogP contribution in [0.3, 0.4) is 0 Å². The van der Waals surface area contributed by atoms with Crippen LogP contribution >= 0.6 is 12.6 Å². The molecule has 0 radical (unpaired) electrons. The summed E-state index contributed by atoms with van der Waals surface area (Å²) in [4.78, 5) is 15.1. The zero-order valence-electron chi connectivity index (χ0n) is 16.7. The summed E-state index contributed by atoms with van der Waals surface area (Å²) in [7, 11) is 0. The molecule has 1 aliphatic rings. The van der Waals surface area contributed by atoms with Crippen LogP contribution in [-0.2, 0) is 11.2 Å². The first-order chi connectivity index (χ1) is 12.8. The minimum Gasteiger partial charge on any atom is -0.341 e. The molecular weight excluding hydrogens is 352 g/mol. The Kier molecular flexibility index (Phi) is 6.48. The van der Waals surface area contributed by atoms with Crippen molar-refractivity contribution in [3.8, 4) is 0 Å². The minimum absolute atomic E-state index is 0.00174. The number of fused-ring (bicyclic) bond motifs is 1. The van der Waals surface area contributed by atoms with E-state index in [1.807, 2.05) is 0 Å². The SMILES string of the molecule is CC(C)(C)CC(=O)N(CCc1cccc2ccccc12)CC1NCCC1S. The summed E-state index contributed by atoms with van der Waals surface area (Å²) in [6.45, 7) is 8.87. The van der Waals surface area contributed by atoms with Gasteiger partial charge >= 0.3 is 0 Å². The van der Waals surface area contributed by atoms with Gasteiger partial charge in [-0.1, -0.05) is 63.2 Å². The zero-order chi connectivity index (χ0) is 19.4. The third kappa shape index (κ3) is 5.49. The highest BCUT2D eigenvalue weighted by atomic mass is 32.1. The Morgan fingerprint density at radius 1 is 1.19 bits per heavy atom. The monoisotopic (exact) mass is 384 g/mol. The van der Waals surface area contributed by atoms with Crippen molar-refractivity contribution in [1.82, 2.24) is 10.2 Å². The highest BCUT2D eigenvalue weighted by molar-refractivity contribution is 7.81. The van der Waals surface area contributed by atoms with E-state index >= 15 is 0 Å². The van der Waals surface area contributed by atoms with Crippen LogP contribution in [0.15, 0.2) is 42.5 Å². The molecule has 1 aliphatic heterocycles. The van der Waals surface area contributed by atoms with Gasteiger partial charge in [-0.25, -0.2) is 0 Å². The summed E-state index contributed by atoms with van der Waals surface area (Å²) in [5.41, 5.74) is 1.31. The molecule has 1 saturated heterocycles. The van der Waals surface area contributed by atoms with Crippen LogP contribution in [0, 0.1) is 5.41 Å². The second-order valence-electron chi connectivity index (χ2n) is 8.88. The van der Waals surface area contributed by atoms with Crippen molar-refractivity contribution in [2.75, 3.05) is 19.6 Å². The predicted octanol–water partition coefficient (Wildman–Crippen LogP) is 4.31. The van der Waals surface area contributed by atoms with Crippen molar-refractivity contribution in [2.24, 2.45) is 5.41 Å². The molecule has 0 aliphatic carbocycles. The van der Waals surface area contributed by atoms with Gasteiger partial charge in [-0.3, -0.25) is 4.79 Å². The fraction of sp³-hybridized carbons (Fsp3) is 0.522. The molecule has 2 unspecified atom stereocenters. The molecule has 2 aromatic rings. The van der Waals surface area contributed by atoms with E-state index in [4.69, 9.17) is 12.6 Å². The van der Waals surface area contributed by atoms with E-state index < -0.39 is 0 Å². The standard InChI is InChI=1S/C23H32N2OS/c1-23(2,3)15-22(26)25(16-20-21(27)11-13-24-20)14-12-18-9-6-8-17-7-4-5-10-19(17)18/h4-10,20-21,24,27H,11-16H2,1-3H3. The molecule has 0 saturated carbocycles. The normalized spacial score (nSPS) is 20.1. The number of rotatable bonds is 6. The summed E-state index contributed by atoms with van der Waals surface area (Å²) in [5, 5.41) is 6.38. The van der Waals surface area contributed by atoms with E-state index in [0.29, 0.717) is 11.7 Å². The van der Waals surface area contributed by atoms with Crippen LogP contribution < -0.4 is 5.32 Å². The van der Waals surface area contributed by atoms with Gasteiger partial charge in [0.05, 0.1) is 0 Å². The number of hydrogen-bond acceptors (Lipinski definition) is 3. The van der Waals surface area contributed by atoms with Crippen LogP contribution in [-0.4, -0.2) is 41.7 Å². The summed E-state index contributed by atoms with van der Waals surface area (Å²) >= 11 is 4.70. The third-order valence-corrected chi connectivity index (χ3v) is 5.91. The summed E-state index contributed by atoms with van der Waals surface area (Å²) < 4.78 is 0. The van der Waals surface area contributed by atoms with Crippen molar-refractivity contribution in [2.45, 2.75) is 51.3 Å². The van der Waals surface area contributed by atoms with E-state index in [2.05, 4.69) is 73.5 Å². The molecule has 4 heteroatoms. The largest absolute Gasteiger partial charge is 0.341 e. The molecule has 0 bridgehead atoms. The summed E-state index contributed by atoms with van der Waals surface area (Å²) in [6.07, 6.45) is 2.52. The second kappa shape index (κ2) is 8.66. The molecule has 1 N–H and O–H groups in total. The van der Waals surface area contributed by atoms with Gasteiger partial charge in [0, 0.05) is 30.8 Å². The summed E-state index contributed by atoms with van der Waals surface area (Å²) in [6, 6.07) is 15.2. The topological polar surface area (TPSA) is 32.3 Å². The molecule has 3 nitrogen and oxygen atoms in total. The Balaban J connectivity index is 1.74. The number of amides is 1.